The molecule has 2 aromatic rings. The smallest absolute Gasteiger partial charge is 0.241 e. The average Bonchev–Trinajstić information content (AvgIpc) is 2.92. The molecule has 2 heterocycles. The minimum absolute atomic E-state index is 0. The van der Waals surface area contributed by atoms with E-state index in [2.05, 4.69) is 15.4 Å². The second-order valence-corrected chi connectivity index (χ2v) is 4.61. The zero-order chi connectivity index (χ0) is 13.8. The molecule has 116 valence electrons. The summed E-state index contributed by atoms with van der Waals surface area (Å²) in [4.78, 5) is 16.0. The summed E-state index contributed by atoms with van der Waals surface area (Å²) in [5.74, 6) is 0.580. The van der Waals surface area contributed by atoms with E-state index >= 15 is 0 Å². The predicted octanol–water partition coefficient (Wildman–Crippen LogP) is 2.03. The van der Waals surface area contributed by atoms with E-state index in [1.54, 1.807) is 35.4 Å². The largest absolute Gasteiger partial charge is 0.323 e. The third-order valence-corrected chi connectivity index (χ3v) is 2.78. The number of pyridine rings is 1. The Labute approximate surface area is 135 Å². The van der Waals surface area contributed by atoms with Crippen molar-refractivity contribution in [3.8, 4) is 5.82 Å². The van der Waals surface area contributed by atoms with E-state index in [1.807, 2.05) is 19.9 Å². The number of hydrogen-bond acceptors (Lipinski definition) is 4. The van der Waals surface area contributed by atoms with Gasteiger partial charge in [-0.25, -0.2) is 9.67 Å². The standard InChI is InChI=1S/C13H17N5O.2ClH/c1-9(2)12(14)13(19)17-10-4-5-11(15-8-10)18-7-3-6-16-18;;/h3-9,12H,14H2,1-2H3,(H,17,19);2*1H. The molecular formula is C13H19Cl2N5O. The fraction of sp³-hybridized carbons (Fsp3) is 0.308. The first-order valence-corrected chi connectivity index (χ1v) is 6.10. The molecule has 3 N–H and O–H groups in total. The molecule has 0 radical (unpaired) electrons. The van der Waals surface area contributed by atoms with Crippen LogP contribution < -0.4 is 11.1 Å². The van der Waals surface area contributed by atoms with Crippen molar-refractivity contribution >= 4 is 36.4 Å². The number of halogens is 2. The molecule has 0 fully saturated rings. The molecule has 8 heteroatoms. The summed E-state index contributed by atoms with van der Waals surface area (Å²) in [6, 6.07) is 4.85. The number of hydrogen-bond donors (Lipinski definition) is 2. The van der Waals surface area contributed by atoms with Gasteiger partial charge in [-0.1, -0.05) is 13.8 Å². The Hall–Kier alpha value is -1.63. The second-order valence-electron chi connectivity index (χ2n) is 4.61. The molecule has 2 aromatic heterocycles. The van der Waals surface area contributed by atoms with Crippen LogP contribution in [0.15, 0.2) is 36.8 Å². The molecule has 0 aromatic carbocycles. The monoisotopic (exact) mass is 331 g/mol. The number of nitrogens with zero attached hydrogens (tertiary/aromatic N) is 3. The molecule has 1 atom stereocenters. The molecule has 0 saturated heterocycles. The van der Waals surface area contributed by atoms with Gasteiger partial charge >= 0.3 is 0 Å². The van der Waals surface area contributed by atoms with Crippen LogP contribution >= 0.6 is 24.8 Å². The lowest BCUT2D eigenvalue weighted by Crippen LogP contribution is -2.39. The average molecular weight is 332 g/mol. The van der Waals surface area contributed by atoms with Gasteiger partial charge in [0.25, 0.3) is 0 Å². The van der Waals surface area contributed by atoms with Gasteiger partial charge in [-0.15, -0.1) is 24.8 Å². The zero-order valence-corrected chi connectivity index (χ0v) is 13.4. The van der Waals surface area contributed by atoms with Crippen molar-refractivity contribution in [1.82, 2.24) is 14.8 Å². The van der Waals surface area contributed by atoms with E-state index < -0.39 is 6.04 Å². The molecule has 1 amide bonds. The van der Waals surface area contributed by atoms with E-state index in [9.17, 15) is 4.79 Å². The fourth-order valence-electron chi connectivity index (χ4n) is 1.53. The van der Waals surface area contributed by atoms with Crippen LogP contribution in [0.2, 0.25) is 0 Å². The summed E-state index contributed by atoms with van der Waals surface area (Å²) in [7, 11) is 0. The van der Waals surface area contributed by atoms with Crippen molar-refractivity contribution in [3.63, 3.8) is 0 Å². The Bertz CT molecular complexity index is 542. The highest BCUT2D eigenvalue weighted by atomic mass is 35.5. The normalized spacial score (nSPS) is 11.2. The van der Waals surface area contributed by atoms with Gasteiger partial charge in [-0.3, -0.25) is 4.79 Å². The molecule has 0 aliphatic heterocycles. The van der Waals surface area contributed by atoms with E-state index in [1.165, 1.54) is 0 Å². The number of aromatic nitrogens is 3. The number of rotatable bonds is 4. The van der Waals surface area contributed by atoms with Crippen LogP contribution in [0.1, 0.15) is 13.8 Å². The van der Waals surface area contributed by atoms with Gasteiger partial charge in [-0.05, 0) is 24.1 Å². The Morgan fingerprint density at radius 1 is 1.33 bits per heavy atom. The van der Waals surface area contributed by atoms with Crippen LogP contribution in [0.5, 0.6) is 0 Å². The third kappa shape index (κ3) is 5.00. The molecule has 21 heavy (non-hydrogen) atoms. The highest BCUT2D eigenvalue weighted by Crippen LogP contribution is 2.10. The lowest BCUT2D eigenvalue weighted by Gasteiger charge is -2.15. The topological polar surface area (TPSA) is 85.8 Å². The fourth-order valence-corrected chi connectivity index (χ4v) is 1.53. The Morgan fingerprint density at radius 2 is 2.05 bits per heavy atom. The number of carbonyl (C=O) groups excluding carboxylic acids is 1. The van der Waals surface area contributed by atoms with Gasteiger partial charge in [0.2, 0.25) is 5.91 Å². The number of nitrogens with one attached hydrogen (secondary N) is 1. The van der Waals surface area contributed by atoms with Crippen molar-refractivity contribution < 1.29 is 4.79 Å². The van der Waals surface area contributed by atoms with Crippen LogP contribution in [-0.4, -0.2) is 26.7 Å². The molecule has 1 unspecified atom stereocenters. The highest BCUT2D eigenvalue weighted by molar-refractivity contribution is 5.94. The highest BCUT2D eigenvalue weighted by Gasteiger charge is 2.17. The van der Waals surface area contributed by atoms with Crippen LogP contribution in [-0.2, 0) is 4.79 Å². The summed E-state index contributed by atoms with van der Waals surface area (Å²) in [6.07, 6.45) is 5.07. The first-order chi connectivity index (χ1) is 9.08. The summed E-state index contributed by atoms with van der Waals surface area (Å²) in [5, 5.41) is 6.81. The summed E-state index contributed by atoms with van der Waals surface area (Å²) >= 11 is 0. The summed E-state index contributed by atoms with van der Waals surface area (Å²) in [5.41, 5.74) is 6.39. The van der Waals surface area contributed by atoms with E-state index in [-0.39, 0.29) is 36.6 Å². The number of carbonyl (C=O) groups is 1. The van der Waals surface area contributed by atoms with Gasteiger partial charge in [0.05, 0.1) is 17.9 Å². The van der Waals surface area contributed by atoms with Crippen LogP contribution in [0.4, 0.5) is 5.69 Å². The SMILES string of the molecule is CC(C)C(N)C(=O)Nc1ccc(-n2cccn2)nc1.Cl.Cl. The van der Waals surface area contributed by atoms with E-state index in [4.69, 9.17) is 5.73 Å². The minimum Gasteiger partial charge on any atom is -0.323 e. The summed E-state index contributed by atoms with van der Waals surface area (Å²) in [6.45, 7) is 3.81. The maximum Gasteiger partial charge on any atom is 0.241 e. The van der Waals surface area contributed by atoms with Gasteiger partial charge < -0.3 is 11.1 Å². The molecule has 0 saturated carbocycles. The van der Waals surface area contributed by atoms with Crippen LogP contribution in [0, 0.1) is 5.92 Å². The lowest BCUT2D eigenvalue weighted by molar-refractivity contribution is -0.118. The number of anilines is 1. The maximum absolute atomic E-state index is 11.8. The lowest BCUT2D eigenvalue weighted by atomic mass is 10.1. The second kappa shape index (κ2) is 8.61. The van der Waals surface area contributed by atoms with E-state index in [0.29, 0.717) is 11.5 Å². The van der Waals surface area contributed by atoms with E-state index in [0.717, 1.165) is 0 Å². The maximum atomic E-state index is 11.8. The quantitative estimate of drug-likeness (QED) is 0.897. The molecule has 6 nitrogen and oxygen atoms in total. The van der Waals surface area contributed by atoms with Crippen LogP contribution in [0.3, 0.4) is 0 Å². The molecule has 0 aliphatic carbocycles. The number of amides is 1. The Morgan fingerprint density at radius 3 is 2.52 bits per heavy atom. The summed E-state index contributed by atoms with van der Waals surface area (Å²) < 4.78 is 1.64. The number of nitrogens with two attached hydrogens (primary N) is 1. The van der Waals surface area contributed by atoms with Gasteiger partial charge in [-0.2, -0.15) is 5.10 Å². The zero-order valence-electron chi connectivity index (χ0n) is 11.8. The molecule has 0 bridgehead atoms. The van der Waals surface area contributed by atoms with Crippen LogP contribution in [0.25, 0.3) is 5.82 Å². The van der Waals surface area contributed by atoms with Crippen molar-refractivity contribution in [3.05, 3.63) is 36.8 Å². The Kier molecular flexibility index (Phi) is 7.94. The Balaban J connectivity index is 0.00000200. The van der Waals surface area contributed by atoms with Gasteiger partial charge in [0.1, 0.15) is 0 Å². The first kappa shape index (κ1) is 19.4. The molecule has 0 aliphatic rings. The van der Waals surface area contributed by atoms with Gasteiger partial charge in [0.15, 0.2) is 5.82 Å². The minimum atomic E-state index is -0.522. The molecular weight excluding hydrogens is 313 g/mol. The molecule has 2 rings (SSSR count). The van der Waals surface area contributed by atoms with Gasteiger partial charge in [0, 0.05) is 12.4 Å². The van der Waals surface area contributed by atoms with Crippen molar-refractivity contribution in [2.24, 2.45) is 11.7 Å². The van der Waals surface area contributed by atoms with Crippen molar-refractivity contribution in [2.75, 3.05) is 5.32 Å². The molecule has 0 spiro atoms. The van der Waals surface area contributed by atoms with Crippen molar-refractivity contribution in [1.29, 1.82) is 0 Å². The van der Waals surface area contributed by atoms with Crippen molar-refractivity contribution in [2.45, 2.75) is 19.9 Å². The third-order valence-electron chi connectivity index (χ3n) is 2.78. The predicted molar refractivity (Wildman–Crippen MR) is 87.3 cm³/mol. The first-order valence-electron chi connectivity index (χ1n) is 6.10.